The van der Waals surface area contributed by atoms with Crippen LogP contribution in [0.3, 0.4) is 0 Å². The highest BCUT2D eigenvalue weighted by Crippen LogP contribution is 2.24. The van der Waals surface area contributed by atoms with Gasteiger partial charge in [0.15, 0.2) is 0 Å². The molecule has 3 rings (SSSR count). The summed E-state index contributed by atoms with van der Waals surface area (Å²) in [6.45, 7) is 4.18. The van der Waals surface area contributed by atoms with Crippen molar-refractivity contribution in [2.24, 2.45) is 0 Å². The number of hydrogen-bond donors (Lipinski definition) is 1. The van der Waals surface area contributed by atoms with E-state index < -0.39 is 0 Å². The van der Waals surface area contributed by atoms with Crippen molar-refractivity contribution in [3.8, 4) is 16.9 Å². The van der Waals surface area contributed by atoms with Crippen molar-refractivity contribution >= 4 is 24.8 Å². The van der Waals surface area contributed by atoms with Gasteiger partial charge in [-0.15, -0.1) is 12.6 Å². The Hall–Kier alpha value is -2.49. The fraction of sp³-hybridized carbons (Fsp3) is 0.231. The quantitative estimate of drug-likeness (QED) is 0.223. The lowest BCUT2D eigenvalue weighted by Gasteiger charge is -2.08. The highest BCUT2D eigenvalue weighted by molar-refractivity contribution is 7.80. The molecule has 0 amide bonds. The third kappa shape index (κ3) is 7.12. The van der Waals surface area contributed by atoms with Gasteiger partial charge in [-0.3, -0.25) is 0 Å². The van der Waals surface area contributed by atoms with E-state index in [1.165, 1.54) is 16.7 Å². The van der Waals surface area contributed by atoms with Gasteiger partial charge in [0.05, 0.1) is 6.61 Å². The molecule has 2 nitrogen and oxygen atoms in total. The summed E-state index contributed by atoms with van der Waals surface area (Å²) in [7, 11) is 0. The second-order valence-electron chi connectivity index (χ2n) is 6.89. The average molecular weight is 405 g/mol. The van der Waals surface area contributed by atoms with Crippen LogP contribution in [0.25, 0.3) is 23.3 Å². The Morgan fingerprint density at radius 1 is 0.759 bits per heavy atom. The zero-order valence-electron chi connectivity index (χ0n) is 16.9. The normalized spacial score (nSPS) is 11.1. The molecule has 0 aliphatic heterocycles. The molecule has 3 aromatic rings. The molecule has 0 radical (unpaired) electrons. The Morgan fingerprint density at radius 3 is 2.28 bits per heavy atom. The van der Waals surface area contributed by atoms with Crippen molar-refractivity contribution in [2.45, 2.75) is 24.7 Å². The van der Waals surface area contributed by atoms with Crippen molar-refractivity contribution < 1.29 is 9.47 Å². The van der Waals surface area contributed by atoms with Crippen molar-refractivity contribution in [1.82, 2.24) is 0 Å². The lowest BCUT2D eigenvalue weighted by atomic mass is 10.0. The summed E-state index contributed by atoms with van der Waals surface area (Å²) < 4.78 is 11.3. The van der Waals surface area contributed by atoms with E-state index in [0.717, 1.165) is 35.7 Å². The zero-order chi connectivity index (χ0) is 20.3. The van der Waals surface area contributed by atoms with E-state index in [9.17, 15) is 0 Å². The summed E-state index contributed by atoms with van der Waals surface area (Å²) in [5, 5.41) is 0. The van der Waals surface area contributed by atoms with E-state index in [-0.39, 0.29) is 0 Å². The molecule has 0 aliphatic carbocycles. The maximum absolute atomic E-state index is 5.76. The van der Waals surface area contributed by atoms with Gasteiger partial charge in [0, 0.05) is 11.5 Å². The first-order valence-corrected chi connectivity index (χ1v) is 10.6. The fourth-order valence-corrected chi connectivity index (χ4v) is 3.06. The molecule has 0 atom stereocenters. The van der Waals surface area contributed by atoms with E-state index in [1.54, 1.807) is 0 Å². The molecule has 0 aromatic heterocycles. The molecular formula is C26H28O2S. The van der Waals surface area contributed by atoms with Crippen LogP contribution in [-0.4, -0.2) is 19.8 Å². The highest BCUT2D eigenvalue weighted by Gasteiger charge is 2.00. The van der Waals surface area contributed by atoms with Crippen LogP contribution in [0.4, 0.5) is 0 Å². The second kappa shape index (κ2) is 11.5. The van der Waals surface area contributed by atoms with Crippen LogP contribution in [0.1, 0.15) is 30.9 Å². The Labute approximate surface area is 179 Å². The van der Waals surface area contributed by atoms with E-state index in [4.69, 9.17) is 9.47 Å². The Bertz CT molecular complexity index is 899. The Balaban J connectivity index is 1.57. The van der Waals surface area contributed by atoms with Crippen LogP contribution in [0.15, 0.2) is 77.7 Å². The maximum Gasteiger partial charge on any atom is 0.119 e. The molecule has 0 N–H and O–H groups in total. The van der Waals surface area contributed by atoms with Crippen LogP contribution in [-0.2, 0) is 4.74 Å². The third-order valence-electron chi connectivity index (χ3n) is 4.57. The standard InChI is InChI=1S/C26H28O2S/c1-2-3-17-27-18-19-28-25-13-11-23(12-14-25)24-6-4-5-22(20-24)8-7-21-9-15-26(29)16-10-21/h4-16,20,29H,2-3,17-19H2,1H3/b8-7+. The van der Waals surface area contributed by atoms with E-state index in [1.807, 2.05) is 24.3 Å². The van der Waals surface area contributed by atoms with Gasteiger partial charge in [0.1, 0.15) is 12.4 Å². The first-order valence-electron chi connectivity index (χ1n) is 10.1. The number of ether oxygens (including phenoxy) is 2. The Kier molecular flexibility index (Phi) is 8.41. The molecule has 0 fully saturated rings. The van der Waals surface area contributed by atoms with Gasteiger partial charge in [0.25, 0.3) is 0 Å². The summed E-state index contributed by atoms with van der Waals surface area (Å²) in [5.41, 5.74) is 4.69. The number of hydrogen-bond acceptors (Lipinski definition) is 3. The lowest BCUT2D eigenvalue weighted by molar-refractivity contribution is 0.0981. The summed E-state index contributed by atoms with van der Waals surface area (Å²) in [6, 6.07) is 24.9. The van der Waals surface area contributed by atoms with Gasteiger partial charge in [-0.25, -0.2) is 0 Å². The minimum Gasteiger partial charge on any atom is -0.491 e. The molecule has 0 spiro atoms. The summed E-state index contributed by atoms with van der Waals surface area (Å²) in [5.74, 6) is 0.872. The molecule has 0 saturated carbocycles. The number of unbranched alkanes of at least 4 members (excludes halogenated alkanes) is 1. The summed E-state index contributed by atoms with van der Waals surface area (Å²) in [4.78, 5) is 0.973. The van der Waals surface area contributed by atoms with Gasteiger partial charge in [0.2, 0.25) is 0 Å². The van der Waals surface area contributed by atoms with Crippen LogP contribution < -0.4 is 4.74 Å². The van der Waals surface area contributed by atoms with Crippen molar-refractivity contribution in [2.75, 3.05) is 19.8 Å². The van der Waals surface area contributed by atoms with Crippen molar-refractivity contribution in [1.29, 1.82) is 0 Å². The van der Waals surface area contributed by atoms with Gasteiger partial charge in [-0.1, -0.05) is 68.0 Å². The van der Waals surface area contributed by atoms with Gasteiger partial charge in [-0.05, 0) is 59.0 Å². The monoisotopic (exact) mass is 404 g/mol. The van der Waals surface area contributed by atoms with Gasteiger partial charge >= 0.3 is 0 Å². The highest BCUT2D eigenvalue weighted by atomic mass is 32.1. The SMILES string of the molecule is CCCCOCCOc1ccc(-c2cccc(/C=C/c3ccc(S)cc3)c2)cc1. The second-order valence-corrected chi connectivity index (χ2v) is 7.41. The smallest absolute Gasteiger partial charge is 0.119 e. The van der Waals surface area contributed by atoms with Crippen LogP contribution in [0, 0.1) is 0 Å². The molecule has 3 aromatic carbocycles. The largest absolute Gasteiger partial charge is 0.491 e. The van der Waals surface area contributed by atoms with Crippen LogP contribution in [0.2, 0.25) is 0 Å². The molecule has 3 heteroatoms. The fourth-order valence-electron chi connectivity index (χ4n) is 2.91. The molecular weight excluding hydrogens is 376 g/mol. The number of benzene rings is 3. The third-order valence-corrected chi connectivity index (χ3v) is 4.87. The van der Waals surface area contributed by atoms with Crippen LogP contribution in [0.5, 0.6) is 5.75 Å². The zero-order valence-corrected chi connectivity index (χ0v) is 17.8. The van der Waals surface area contributed by atoms with E-state index >= 15 is 0 Å². The number of thiol groups is 1. The molecule has 150 valence electrons. The molecule has 29 heavy (non-hydrogen) atoms. The molecule has 0 bridgehead atoms. The minimum atomic E-state index is 0.581. The lowest BCUT2D eigenvalue weighted by Crippen LogP contribution is -2.07. The topological polar surface area (TPSA) is 18.5 Å². The van der Waals surface area contributed by atoms with Crippen LogP contribution >= 0.6 is 12.6 Å². The average Bonchev–Trinajstić information content (AvgIpc) is 2.76. The first kappa shape index (κ1) is 21.2. The van der Waals surface area contributed by atoms with E-state index in [0.29, 0.717) is 13.2 Å². The van der Waals surface area contributed by atoms with Gasteiger partial charge < -0.3 is 9.47 Å². The summed E-state index contributed by atoms with van der Waals surface area (Å²) in [6.07, 6.45) is 6.51. The number of rotatable bonds is 10. The van der Waals surface area contributed by atoms with Crippen molar-refractivity contribution in [3.05, 3.63) is 83.9 Å². The minimum absolute atomic E-state index is 0.581. The molecule has 0 aliphatic rings. The predicted molar refractivity (Wildman–Crippen MR) is 126 cm³/mol. The first-order chi connectivity index (χ1) is 14.2. The molecule has 0 unspecified atom stereocenters. The van der Waals surface area contributed by atoms with E-state index in [2.05, 4.69) is 80.2 Å². The Morgan fingerprint density at radius 2 is 1.52 bits per heavy atom. The molecule has 0 saturated heterocycles. The predicted octanol–water partition coefficient (Wildman–Crippen LogP) is 7.01. The molecule has 0 heterocycles. The van der Waals surface area contributed by atoms with Crippen molar-refractivity contribution in [3.63, 3.8) is 0 Å². The maximum atomic E-state index is 5.76. The summed E-state index contributed by atoms with van der Waals surface area (Å²) >= 11 is 4.33. The van der Waals surface area contributed by atoms with Gasteiger partial charge in [-0.2, -0.15) is 0 Å².